The molecule has 0 aliphatic rings. The molecule has 0 aromatic heterocycles. The fourth-order valence-electron chi connectivity index (χ4n) is 1.59. The number of rotatable bonds is 3. The van der Waals surface area contributed by atoms with Crippen LogP contribution in [0, 0.1) is 0 Å². The summed E-state index contributed by atoms with van der Waals surface area (Å²) in [6, 6.07) is 6.72. The number of nitrogens with two attached hydrogens (primary N) is 1. The lowest BCUT2D eigenvalue weighted by Gasteiger charge is -2.26. The number of para-hydroxylation sites is 1. The fourth-order valence-corrected chi connectivity index (χ4v) is 1.59. The molecule has 0 saturated heterocycles. The molecule has 1 aromatic carbocycles. The molecule has 1 aromatic rings. The molecule has 2 N–H and O–H groups in total. The van der Waals surface area contributed by atoms with E-state index in [2.05, 4.69) is 0 Å². The zero-order chi connectivity index (χ0) is 14.0. The topological polar surface area (TPSA) is 35.2 Å². The van der Waals surface area contributed by atoms with Crippen LogP contribution in [0.1, 0.15) is 26.3 Å². The van der Waals surface area contributed by atoms with E-state index in [-0.39, 0.29) is 11.2 Å². The highest BCUT2D eigenvalue weighted by Gasteiger charge is 2.41. The van der Waals surface area contributed by atoms with E-state index in [0.717, 1.165) is 5.56 Å². The summed E-state index contributed by atoms with van der Waals surface area (Å²) >= 11 is 0. The predicted molar refractivity (Wildman–Crippen MR) is 64.7 cm³/mol. The van der Waals surface area contributed by atoms with Gasteiger partial charge in [0.05, 0.1) is 0 Å². The van der Waals surface area contributed by atoms with Gasteiger partial charge in [-0.05, 0) is 17.0 Å². The third kappa shape index (κ3) is 3.63. The standard InChI is InChI=1S/C13H18F3NO/c1-12(2,3)9-6-4-5-7-10(9)18-11(8-17)13(14,15)16/h4-7,11H,8,17H2,1-3H3. The summed E-state index contributed by atoms with van der Waals surface area (Å²) in [6.45, 7) is 5.16. The normalized spacial score (nSPS) is 14.4. The first kappa shape index (κ1) is 14.8. The van der Waals surface area contributed by atoms with E-state index in [1.807, 2.05) is 20.8 Å². The Kier molecular flexibility index (Phi) is 4.27. The minimum atomic E-state index is -4.46. The van der Waals surface area contributed by atoms with Crippen molar-refractivity contribution in [2.75, 3.05) is 6.54 Å². The minimum absolute atomic E-state index is 0.234. The van der Waals surface area contributed by atoms with Gasteiger partial charge >= 0.3 is 6.18 Å². The van der Waals surface area contributed by atoms with Gasteiger partial charge in [0.2, 0.25) is 6.10 Å². The van der Waals surface area contributed by atoms with Gasteiger partial charge in [-0.25, -0.2) is 0 Å². The third-order valence-electron chi connectivity index (χ3n) is 2.54. The van der Waals surface area contributed by atoms with Gasteiger partial charge in [0, 0.05) is 6.54 Å². The van der Waals surface area contributed by atoms with Crippen LogP contribution in [0.15, 0.2) is 24.3 Å². The minimum Gasteiger partial charge on any atom is -0.479 e. The second-order valence-electron chi connectivity index (χ2n) is 5.13. The van der Waals surface area contributed by atoms with E-state index >= 15 is 0 Å². The lowest BCUT2D eigenvalue weighted by molar-refractivity contribution is -0.191. The van der Waals surface area contributed by atoms with Crippen LogP contribution in [0.2, 0.25) is 0 Å². The van der Waals surface area contributed by atoms with Crippen LogP contribution < -0.4 is 10.5 Å². The molecule has 18 heavy (non-hydrogen) atoms. The number of ether oxygens (including phenoxy) is 1. The van der Waals surface area contributed by atoms with Crippen molar-refractivity contribution < 1.29 is 17.9 Å². The first-order chi connectivity index (χ1) is 8.16. The highest BCUT2D eigenvalue weighted by atomic mass is 19.4. The Morgan fingerprint density at radius 3 is 2.17 bits per heavy atom. The van der Waals surface area contributed by atoms with Crippen LogP contribution in [0.25, 0.3) is 0 Å². The largest absolute Gasteiger partial charge is 0.479 e. The molecule has 5 heteroatoms. The molecule has 0 saturated carbocycles. The van der Waals surface area contributed by atoms with Crippen LogP contribution in [0.4, 0.5) is 13.2 Å². The van der Waals surface area contributed by atoms with E-state index in [4.69, 9.17) is 10.5 Å². The molecule has 2 nitrogen and oxygen atoms in total. The van der Waals surface area contributed by atoms with Crippen molar-refractivity contribution in [2.24, 2.45) is 5.73 Å². The number of hydrogen-bond acceptors (Lipinski definition) is 2. The lowest BCUT2D eigenvalue weighted by Crippen LogP contribution is -2.41. The van der Waals surface area contributed by atoms with Crippen molar-refractivity contribution in [3.05, 3.63) is 29.8 Å². The SMILES string of the molecule is CC(C)(C)c1ccccc1OC(CN)C(F)(F)F. The van der Waals surface area contributed by atoms with Crippen LogP contribution >= 0.6 is 0 Å². The van der Waals surface area contributed by atoms with Crippen LogP contribution in [0.3, 0.4) is 0 Å². The summed E-state index contributed by atoms with van der Waals surface area (Å²) in [4.78, 5) is 0. The van der Waals surface area contributed by atoms with Gasteiger partial charge < -0.3 is 10.5 Å². The zero-order valence-corrected chi connectivity index (χ0v) is 10.7. The molecule has 0 radical (unpaired) electrons. The molecule has 0 aliphatic carbocycles. The van der Waals surface area contributed by atoms with Crippen molar-refractivity contribution in [2.45, 2.75) is 38.5 Å². The molecule has 1 atom stereocenters. The quantitative estimate of drug-likeness (QED) is 0.906. The average Bonchev–Trinajstić information content (AvgIpc) is 2.23. The summed E-state index contributed by atoms with van der Waals surface area (Å²) in [5, 5.41) is 0. The van der Waals surface area contributed by atoms with Gasteiger partial charge in [0.25, 0.3) is 0 Å². The van der Waals surface area contributed by atoms with Gasteiger partial charge in [-0.2, -0.15) is 13.2 Å². The fraction of sp³-hybridized carbons (Fsp3) is 0.538. The molecule has 0 amide bonds. The first-order valence-corrected chi connectivity index (χ1v) is 5.69. The monoisotopic (exact) mass is 261 g/mol. The Bertz CT molecular complexity index is 396. The van der Waals surface area contributed by atoms with E-state index in [0.29, 0.717) is 0 Å². The summed E-state index contributed by atoms with van der Waals surface area (Å²) < 4.78 is 42.9. The Morgan fingerprint density at radius 1 is 1.17 bits per heavy atom. The van der Waals surface area contributed by atoms with Crippen molar-refractivity contribution in [1.29, 1.82) is 0 Å². The second kappa shape index (κ2) is 5.18. The number of halogens is 3. The molecule has 1 unspecified atom stereocenters. The zero-order valence-electron chi connectivity index (χ0n) is 10.7. The van der Waals surface area contributed by atoms with Gasteiger partial charge in [0.1, 0.15) is 5.75 Å². The number of alkyl halides is 3. The highest BCUT2D eigenvalue weighted by Crippen LogP contribution is 2.33. The van der Waals surface area contributed by atoms with Crippen molar-refractivity contribution in [3.8, 4) is 5.75 Å². The van der Waals surface area contributed by atoms with Crippen LogP contribution in [-0.4, -0.2) is 18.8 Å². The van der Waals surface area contributed by atoms with Gasteiger partial charge in [-0.3, -0.25) is 0 Å². The molecule has 0 spiro atoms. The summed E-state index contributed by atoms with van der Waals surface area (Å²) in [7, 11) is 0. The summed E-state index contributed by atoms with van der Waals surface area (Å²) in [5.74, 6) is 0.234. The van der Waals surface area contributed by atoms with E-state index in [1.54, 1.807) is 18.2 Å². The summed E-state index contributed by atoms with van der Waals surface area (Å²) in [5.41, 5.74) is 5.56. The number of hydrogen-bond donors (Lipinski definition) is 1. The van der Waals surface area contributed by atoms with Gasteiger partial charge in [-0.1, -0.05) is 39.0 Å². The smallest absolute Gasteiger partial charge is 0.426 e. The maximum absolute atomic E-state index is 12.6. The van der Waals surface area contributed by atoms with Crippen LogP contribution in [-0.2, 0) is 5.41 Å². The molecular formula is C13H18F3NO. The third-order valence-corrected chi connectivity index (χ3v) is 2.54. The molecule has 1 rings (SSSR count). The molecule has 0 bridgehead atoms. The van der Waals surface area contributed by atoms with Crippen LogP contribution in [0.5, 0.6) is 5.75 Å². The molecule has 0 fully saturated rings. The Balaban J connectivity index is 3.04. The average molecular weight is 261 g/mol. The predicted octanol–water partition coefficient (Wildman–Crippen LogP) is 3.25. The van der Waals surface area contributed by atoms with E-state index in [9.17, 15) is 13.2 Å². The Hall–Kier alpha value is -1.23. The maximum Gasteiger partial charge on any atom is 0.426 e. The molecule has 0 heterocycles. The van der Waals surface area contributed by atoms with Crippen molar-refractivity contribution in [1.82, 2.24) is 0 Å². The highest BCUT2D eigenvalue weighted by molar-refractivity contribution is 5.38. The molecule has 0 aliphatic heterocycles. The number of benzene rings is 1. The summed E-state index contributed by atoms with van der Waals surface area (Å²) in [6.07, 6.45) is -6.43. The van der Waals surface area contributed by atoms with Crippen molar-refractivity contribution in [3.63, 3.8) is 0 Å². The first-order valence-electron chi connectivity index (χ1n) is 5.69. The van der Waals surface area contributed by atoms with Crippen molar-refractivity contribution >= 4 is 0 Å². The lowest BCUT2D eigenvalue weighted by atomic mass is 9.86. The van der Waals surface area contributed by atoms with E-state index < -0.39 is 18.8 Å². The Labute approximate surface area is 105 Å². The maximum atomic E-state index is 12.6. The second-order valence-corrected chi connectivity index (χ2v) is 5.13. The molecule has 102 valence electrons. The van der Waals surface area contributed by atoms with Gasteiger partial charge in [0.15, 0.2) is 0 Å². The van der Waals surface area contributed by atoms with Gasteiger partial charge in [-0.15, -0.1) is 0 Å². The van der Waals surface area contributed by atoms with E-state index in [1.165, 1.54) is 6.07 Å². The Morgan fingerprint density at radius 2 is 1.72 bits per heavy atom. The molecular weight excluding hydrogens is 243 g/mol.